The molecular weight excluding hydrogens is 234 g/mol. The molecule has 2 heteroatoms. The van der Waals surface area contributed by atoms with E-state index in [-0.39, 0.29) is 0 Å². The average Bonchev–Trinajstić information content (AvgIpc) is 1.97. The van der Waals surface area contributed by atoms with Crippen LogP contribution in [0.4, 0.5) is 0 Å². The summed E-state index contributed by atoms with van der Waals surface area (Å²) in [4.78, 5) is 0. The number of hydrogen-bond acceptors (Lipinski definition) is 1. The van der Waals surface area contributed by atoms with E-state index in [0.717, 1.165) is 6.61 Å². The standard InChI is InChI=1S/C8H17O.Sb/c1-2-3-4-5-6-7-8-9;/h2-8H2,1H3;/q-1;+1. The van der Waals surface area contributed by atoms with Crippen molar-refractivity contribution < 1.29 is 3.02 Å². The Bertz CT molecular complexity index is 49.2. The Balaban J connectivity index is 2.65. The summed E-state index contributed by atoms with van der Waals surface area (Å²) in [6.45, 7) is 3.21. The first-order valence-electron chi connectivity index (χ1n) is 4.18. The first-order valence-corrected chi connectivity index (χ1v) is 5.22. The third-order valence-corrected chi connectivity index (χ3v) is 2.11. The van der Waals surface area contributed by atoms with Crippen molar-refractivity contribution in [2.24, 2.45) is 0 Å². The van der Waals surface area contributed by atoms with E-state index in [1.807, 2.05) is 0 Å². The van der Waals surface area contributed by atoms with Crippen molar-refractivity contribution in [3.8, 4) is 0 Å². The van der Waals surface area contributed by atoms with Crippen molar-refractivity contribution in [2.45, 2.75) is 45.4 Å². The van der Waals surface area contributed by atoms with Crippen LogP contribution in [0, 0.1) is 0 Å². The second-order valence-corrected chi connectivity index (χ2v) is 3.34. The second-order valence-electron chi connectivity index (χ2n) is 2.60. The zero-order valence-electron chi connectivity index (χ0n) is 6.81. The summed E-state index contributed by atoms with van der Waals surface area (Å²) in [7, 11) is 0. The Morgan fingerprint density at radius 3 is 2.20 bits per heavy atom. The van der Waals surface area contributed by atoms with Gasteiger partial charge in [0.25, 0.3) is 0 Å². The molecule has 0 rings (SSSR count). The molecule has 0 spiro atoms. The van der Waals surface area contributed by atoms with Gasteiger partial charge >= 0.3 is 78.5 Å². The van der Waals surface area contributed by atoms with Gasteiger partial charge < -0.3 is 0 Å². The second kappa shape index (κ2) is 9.78. The van der Waals surface area contributed by atoms with Crippen LogP contribution in [0.3, 0.4) is 0 Å². The molecule has 0 aliphatic carbocycles. The molecule has 0 aromatic rings. The Hall–Kier alpha value is 0.778. The zero-order chi connectivity index (χ0) is 7.66. The molecule has 0 saturated heterocycles. The van der Waals surface area contributed by atoms with Crippen LogP contribution in [0.1, 0.15) is 45.4 Å². The zero-order valence-corrected chi connectivity index (χ0v) is 9.36. The van der Waals surface area contributed by atoms with E-state index >= 15 is 0 Å². The van der Waals surface area contributed by atoms with Crippen molar-refractivity contribution in [1.29, 1.82) is 0 Å². The van der Waals surface area contributed by atoms with E-state index in [1.54, 1.807) is 0 Å². The first kappa shape index (κ1) is 10.8. The summed E-state index contributed by atoms with van der Waals surface area (Å²) in [5.74, 6) is 0. The molecular formula is C8H17OSb. The summed E-state index contributed by atoms with van der Waals surface area (Å²) in [5, 5.41) is 0. The quantitative estimate of drug-likeness (QED) is 0.498. The molecule has 1 nitrogen and oxygen atoms in total. The van der Waals surface area contributed by atoms with E-state index in [2.05, 4.69) is 6.92 Å². The monoisotopic (exact) mass is 250 g/mol. The predicted octanol–water partition coefficient (Wildman–Crippen LogP) is 2.45. The van der Waals surface area contributed by atoms with E-state index in [1.165, 1.54) is 62.0 Å². The molecule has 0 N–H and O–H groups in total. The van der Waals surface area contributed by atoms with Crippen LogP contribution in [-0.4, -0.2) is 30.0 Å². The molecule has 0 aliphatic rings. The Kier molecular flexibility index (Phi) is 10.5. The summed E-state index contributed by atoms with van der Waals surface area (Å²) in [6.07, 6.45) is 8.14. The molecule has 0 aliphatic heterocycles. The SMILES string of the molecule is CCCCCCCC[O][Sb]. The molecule has 0 aromatic carbocycles. The molecule has 0 amide bonds. The number of rotatable bonds is 7. The Morgan fingerprint density at radius 1 is 1.00 bits per heavy atom. The van der Waals surface area contributed by atoms with Gasteiger partial charge in [0.05, 0.1) is 0 Å². The number of hydrogen-bond donors (Lipinski definition) is 0. The van der Waals surface area contributed by atoms with Crippen molar-refractivity contribution in [1.82, 2.24) is 0 Å². The molecule has 0 heterocycles. The van der Waals surface area contributed by atoms with Gasteiger partial charge in [0.2, 0.25) is 0 Å². The minimum atomic E-state index is 0.959. The molecule has 0 fully saturated rings. The van der Waals surface area contributed by atoms with Gasteiger partial charge in [-0.05, 0) is 0 Å². The normalized spacial score (nSPS) is 10.2. The van der Waals surface area contributed by atoms with Crippen molar-refractivity contribution in [3.05, 3.63) is 0 Å². The summed E-state index contributed by atoms with van der Waals surface area (Å²) in [6, 6.07) is 0. The van der Waals surface area contributed by atoms with Gasteiger partial charge in [-0.3, -0.25) is 0 Å². The van der Waals surface area contributed by atoms with Crippen molar-refractivity contribution >= 4 is 23.4 Å². The molecule has 0 aromatic heterocycles. The maximum atomic E-state index is 5.00. The third kappa shape index (κ3) is 8.78. The summed E-state index contributed by atoms with van der Waals surface area (Å²) < 4.78 is 5.00. The third-order valence-electron chi connectivity index (χ3n) is 1.59. The van der Waals surface area contributed by atoms with Gasteiger partial charge in [-0.15, -0.1) is 0 Å². The van der Waals surface area contributed by atoms with E-state index in [4.69, 9.17) is 3.02 Å². The van der Waals surface area contributed by atoms with Gasteiger partial charge in [0.1, 0.15) is 0 Å². The molecule has 0 saturated carbocycles. The molecule has 60 valence electrons. The Labute approximate surface area is 78.6 Å². The van der Waals surface area contributed by atoms with Crippen LogP contribution in [0.25, 0.3) is 0 Å². The van der Waals surface area contributed by atoms with Crippen LogP contribution in [0.15, 0.2) is 0 Å². The van der Waals surface area contributed by atoms with E-state index < -0.39 is 0 Å². The fourth-order valence-electron chi connectivity index (χ4n) is 0.947. The van der Waals surface area contributed by atoms with Gasteiger partial charge in [-0.1, -0.05) is 0 Å². The molecule has 10 heavy (non-hydrogen) atoms. The summed E-state index contributed by atoms with van der Waals surface area (Å²) in [5.41, 5.74) is 0. The van der Waals surface area contributed by atoms with Gasteiger partial charge in [-0.25, -0.2) is 0 Å². The molecule has 0 bridgehead atoms. The topological polar surface area (TPSA) is 9.23 Å². The van der Waals surface area contributed by atoms with Crippen LogP contribution in [0.2, 0.25) is 0 Å². The van der Waals surface area contributed by atoms with Crippen molar-refractivity contribution in [2.75, 3.05) is 6.61 Å². The van der Waals surface area contributed by atoms with Crippen LogP contribution >= 0.6 is 0 Å². The Morgan fingerprint density at radius 2 is 1.60 bits per heavy atom. The number of unbranched alkanes of at least 4 members (excludes halogenated alkanes) is 5. The summed E-state index contributed by atoms with van der Waals surface area (Å²) >= 11 is 1.46. The fourth-order valence-corrected chi connectivity index (χ4v) is 1.32. The van der Waals surface area contributed by atoms with E-state index in [0.29, 0.717) is 0 Å². The van der Waals surface area contributed by atoms with E-state index in [9.17, 15) is 0 Å². The van der Waals surface area contributed by atoms with Gasteiger partial charge in [-0.2, -0.15) is 0 Å². The van der Waals surface area contributed by atoms with Crippen LogP contribution in [0.5, 0.6) is 0 Å². The van der Waals surface area contributed by atoms with Gasteiger partial charge in [0, 0.05) is 0 Å². The predicted molar refractivity (Wildman–Crippen MR) is 45.1 cm³/mol. The first-order chi connectivity index (χ1) is 4.91. The molecule has 0 unspecified atom stereocenters. The van der Waals surface area contributed by atoms with Crippen LogP contribution in [-0.2, 0) is 3.02 Å². The van der Waals surface area contributed by atoms with Gasteiger partial charge in [0.15, 0.2) is 0 Å². The van der Waals surface area contributed by atoms with Crippen LogP contribution < -0.4 is 0 Å². The maximum absolute atomic E-state index is 5.00. The average molecular weight is 251 g/mol. The molecule has 0 atom stereocenters. The molecule has 2 radical (unpaired) electrons. The minimum absolute atomic E-state index is 0.959. The fraction of sp³-hybridized carbons (Fsp3) is 1.00. The van der Waals surface area contributed by atoms with Crippen molar-refractivity contribution in [3.63, 3.8) is 0 Å².